The first-order chi connectivity index (χ1) is 6.16. The van der Waals surface area contributed by atoms with Gasteiger partial charge in [0, 0.05) is 9.86 Å². The Balaban J connectivity index is 2.81. The number of hydrogen-bond acceptors (Lipinski definition) is 1. The third-order valence-electron chi connectivity index (χ3n) is 1.69. The molecule has 1 aromatic carbocycles. The topological polar surface area (TPSA) is 12.9 Å². The summed E-state index contributed by atoms with van der Waals surface area (Å²) in [5, 5.41) is 0.649. The average molecular weight is 260 g/mol. The molecule has 0 spiro atoms. The highest BCUT2D eigenvalue weighted by Gasteiger charge is 2.03. The van der Waals surface area contributed by atoms with E-state index in [0.717, 1.165) is 9.86 Å². The van der Waals surface area contributed by atoms with Crippen LogP contribution < -0.4 is 0 Å². The van der Waals surface area contributed by atoms with E-state index in [1.54, 1.807) is 12.1 Å². The summed E-state index contributed by atoms with van der Waals surface area (Å²) in [6.45, 7) is 0. The van der Waals surface area contributed by atoms with Crippen molar-refractivity contribution in [2.75, 3.05) is 0 Å². The molecule has 4 heteroatoms. The van der Waals surface area contributed by atoms with E-state index >= 15 is 0 Å². The molecule has 2 aromatic rings. The third-order valence-corrected chi connectivity index (χ3v) is 2.45. The van der Waals surface area contributed by atoms with Gasteiger partial charge in [-0.2, -0.15) is 0 Å². The molecule has 0 amide bonds. The first-order valence-electron chi connectivity index (χ1n) is 3.58. The van der Waals surface area contributed by atoms with Crippen LogP contribution >= 0.6 is 27.5 Å². The zero-order chi connectivity index (χ0) is 9.42. The van der Waals surface area contributed by atoms with E-state index in [1.165, 1.54) is 6.07 Å². The molecule has 0 N–H and O–H groups in total. The zero-order valence-electron chi connectivity index (χ0n) is 6.39. The van der Waals surface area contributed by atoms with Crippen molar-refractivity contribution in [1.82, 2.24) is 4.98 Å². The van der Waals surface area contributed by atoms with Gasteiger partial charge in [0.2, 0.25) is 0 Å². The van der Waals surface area contributed by atoms with Gasteiger partial charge in [-0.15, -0.1) is 0 Å². The van der Waals surface area contributed by atoms with Crippen LogP contribution in [0.25, 0.3) is 10.9 Å². The van der Waals surface area contributed by atoms with Crippen molar-refractivity contribution in [3.05, 3.63) is 39.7 Å². The molecule has 0 saturated carbocycles. The molecule has 0 aliphatic carbocycles. The van der Waals surface area contributed by atoms with E-state index in [1.807, 2.05) is 6.07 Å². The second kappa shape index (κ2) is 3.24. The molecule has 1 heterocycles. The van der Waals surface area contributed by atoms with E-state index in [4.69, 9.17) is 11.6 Å². The normalized spacial score (nSPS) is 10.7. The Hall–Kier alpha value is -0.670. The summed E-state index contributed by atoms with van der Waals surface area (Å²) in [4.78, 5) is 3.90. The molecule has 0 bridgehead atoms. The van der Waals surface area contributed by atoms with Crippen molar-refractivity contribution in [2.24, 2.45) is 0 Å². The molecular formula is C9H4BrClFN. The fourth-order valence-electron chi connectivity index (χ4n) is 1.09. The predicted octanol–water partition coefficient (Wildman–Crippen LogP) is 3.79. The van der Waals surface area contributed by atoms with Crippen molar-refractivity contribution >= 4 is 38.4 Å². The Labute approximate surface area is 87.7 Å². The van der Waals surface area contributed by atoms with E-state index in [-0.39, 0.29) is 5.15 Å². The van der Waals surface area contributed by atoms with Gasteiger partial charge in [0.1, 0.15) is 0 Å². The van der Waals surface area contributed by atoms with Gasteiger partial charge in [-0.3, -0.25) is 0 Å². The minimum Gasteiger partial charge on any atom is -0.233 e. The Bertz CT molecular complexity index is 472. The molecule has 1 aromatic heterocycles. The van der Waals surface area contributed by atoms with Crippen LogP contribution in [-0.4, -0.2) is 4.98 Å². The maximum Gasteiger partial charge on any atom is 0.165 e. The molecule has 0 aliphatic rings. The quantitative estimate of drug-likeness (QED) is 0.657. The highest BCUT2D eigenvalue weighted by molar-refractivity contribution is 9.10. The predicted molar refractivity (Wildman–Crippen MR) is 54.4 cm³/mol. The highest BCUT2D eigenvalue weighted by atomic mass is 79.9. The van der Waals surface area contributed by atoms with Crippen LogP contribution in [0, 0.1) is 5.82 Å². The van der Waals surface area contributed by atoms with Crippen LogP contribution in [0.3, 0.4) is 0 Å². The molecule has 0 aliphatic heterocycles. The molecule has 2 rings (SSSR count). The smallest absolute Gasteiger partial charge is 0.165 e. The van der Waals surface area contributed by atoms with Gasteiger partial charge in [0.15, 0.2) is 11.0 Å². The number of benzene rings is 1. The Morgan fingerprint density at radius 2 is 2.08 bits per heavy atom. The third kappa shape index (κ3) is 1.67. The second-order valence-electron chi connectivity index (χ2n) is 2.60. The summed E-state index contributed by atoms with van der Waals surface area (Å²) in [6, 6.07) is 6.78. The average Bonchev–Trinajstić information content (AvgIpc) is 2.08. The Morgan fingerprint density at radius 3 is 2.85 bits per heavy atom. The molecule has 0 radical (unpaired) electrons. The lowest BCUT2D eigenvalue weighted by molar-refractivity contribution is 0.625. The number of pyridine rings is 1. The van der Waals surface area contributed by atoms with Gasteiger partial charge >= 0.3 is 0 Å². The zero-order valence-corrected chi connectivity index (χ0v) is 8.73. The van der Waals surface area contributed by atoms with Crippen LogP contribution in [0.1, 0.15) is 0 Å². The van der Waals surface area contributed by atoms with Gasteiger partial charge in [-0.1, -0.05) is 33.6 Å². The maximum absolute atomic E-state index is 12.9. The summed E-state index contributed by atoms with van der Waals surface area (Å²) >= 11 is 8.84. The molecule has 13 heavy (non-hydrogen) atoms. The first-order valence-corrected chi connectivity index (χ1v) is 4.75. The van der Waals surface area contributed by atoms with Crippen LogP contribution in [-0.2, 0) is 0 Å². The number of fused-ring (bicyclic) bond motifs is 1. The van der Waals surface area contributed by atoms with Crippen molar-refractivity contribution < 1.29 is 4.39 Å². The van der Waals surface area contributed by atoms with Crippen molar-refractivity contribution in [3.8, 4) is 0 Å². The summed E-state index contributed by atoms with van der Waals surface area (Å²) < 4.78 is 13.8. The van der Waals surface area contributed by atoms with Crippen molar-refractivity contribution in [3.63, 3.8) is 0 Å². The van der Waals surface area contributed by atoms with Gasteiger partial charge in [0.05, 0.1) is 5.52 Å². The molecule has 66 valence electrons. The molecule has 0 unspecified atom stereocenters. The Morgan fingerprint density at radius 1 is 1.31 bits per heavy atom. The molecule has 1 nitrogen and oxygen atoms in total. The second-order valence-corrected chi connectivity index (χ2v) is 3.87. The lowest BCUT2D eigenvalue weighted by Crippen LogP contribution is -1.84. The maximum atomic E-state index is 12.9. The molecule has 0 saturated heterocycles. The fourth-order valence-corrected chi connectivity index (χ4v) is 1.59. The van der Waals surface area contributed by atoms with Crippen molar-refractivity contribution in [2.45, 2.75) is 0 Å². The summed E-state index contributed by atoms with van der Waals surface area (Å²) in [5.74, 6) is -0.489. The van der Waals surface area contributed by atoms with Gasteiger partial charge in [-0.05, 0) is 18.2 Å². The van der Waals surface area contributed by atoms with Crippen LogP contribution in [0.15, 0.2) is 28.7 Å². The minimum absolute atomic E-state index is 0.0920. The largest absolute Gasteiger partial charge is 0.233 e. The van der Waals surface area contributed by atoms with Crippen LogP contribution in [0.2, 0.25) is 5.15 Å². The van der Waals surface area contributed by atoms with Crippen LogP contribution in [0.5, 0.6) is 0 Å². The summed E-state index contributed by atoms with van der Waals surface area (Å²) in [6.07, 6.45) is 0. The fraction of sp³-hybridized carbons (Fsp3) is 0. The lowest BCUT2D eigenvalue weighted by atomic mass is 10.2. The van der Waals surface area contributed by atoms with E-state index in [0.29, 0.717) is 5.52 Å². The van der Waals surface area contributed by atoms with Gasteiger partial charge < -0.3 is 0 Å². The SMILES string of the molecule is Fc1cc2ccc(Br)cc2nc1Cl. The monoisotopic (exact) mass is 259 g/mol. The Kier molecular flexibility index (Phi) is 2.22. The minimum atomic E-state index is -0.489. The number of rotatable bonds is 0. The summed E-state index contributed by atoms with van der Waals surface area (Å²) in [7, 11) is 0. The van der Waals surface area contributed by atoms with E-state index in [9.17, 15) is 4.39 Å². The first kappa shape index (κ1) is 8.91. The highest BCUT2D eigenvalue weighted by Crippen LogP contribution is 2.22. The molecule has 0 fully saturated rings. The molecular weight excluding hydrogens is 256 g/mol. The standard InChI is InChI=1S/C9H4BrClFN/c10-6-2-1-5-3-7(12)9(11)13-8(5)4-6/h1-4H. The van der Waals surface area contributed by atoms with Gasteiger partial charge in [-0.25, -0.2) is 9.37 Å². The van der Waals surface area contributed by atoms with Gasteiger partial charge in [0.25, 0.3) is 0 Å². The number of hydrogen-bond donors (Lipinski definition) is 0. The molecule has 0 atom stereocenters. The van der Waals surface area contributed by atoms with E-state index in [2.05, 4.69) is 20.9 Å². The number of halogens is 3. The van der Waals surface area contributed by atoms with E-state index < -0.39 is 5.82 Å². The summed E-state index contributed by atoms with van der Waals surface area (Å²) in [5.41, 5.74) is 0.681. The van der Waals surface area contributed by atoms with Crippen LogP contribution in [0.4, 0.5) is 4.39 Å². The van der Waals surface area contributed by atoms with Crippen molar-refractivity contribution in [1.29, 1.82) is 0 Å². The number of aromatic nitrogens is 1. The number of nitrogens with zero attached hydrogens (tertiary/aromatic N) is 1. The lowest BCUT2D eigenvalue weighted by Gasteiger charge is -1.99.